The molecule has 12 heteroatoms. The van der Waals surface area contributed by atoms with Gasteiger partial charge in [0.1, 0.15) is 12.1 Å². The van der Waals surface area contributed by atoms with Crippen LogP contribution in [-0.4, -0.2) is 84.0 Å². The maximum absolute atomic E-state index is 12.1. The first-order chi connectivity index (χ1) is 19.2. The molecule has 0 aliphatic carbocycles. The average molecular weight is 605 g/mol. The van der Waals surface area contributed by atoms with Crippen LogP contribution in [0.25, 0.3) is 0 Å². The van der Waals surface area contributed by atoms with Gasteiger partial charge in [-0.15, -0.1) is 0 Å². The van der Waals surface area contributed by atoms with Crippen molar-refractivity contribution in [2.75, 3.05) is 25.7 Å². The van der Waals surface area contributed by atoms with E-state index >= 15 is 0 Å². The molecule has 4 N–H and O–H groups in total. The van der Waals surface area contributed by atoms with Crippen molar-refractivity contribution in [1.29, 1.82) is 0 Å². The number of carbonyl (C=O) groups is 4. The Balaban J connectivity index is 4.08. The normalized spacial score (nSPS) is 14.4. The molecular weight excluding hydrogens is 556 g/mol. The number of unbranched alkanes of at least 4 members (excludes halogenated alkanes) is 2. The molecule has 0 saturated heterocycles. The fraction of sp³-hybridized carbons (Fsp3) is 0.714. The lowest BCUT2D eigenvalue weighted by Gasteiger charge is -2.16. The van der Waals surface area contributed by atoms with Crippen molar-refractivity contribution in [1.82, 2.24) is 10.6 Å². The van der Waals surface area contributed by atoms with Gasteiger partial charge in [-0.2, -0.15) is 0 Å². The van der Waals surface area contributed by atoms with Gasteiger partial charge < -0.3 is 30.3 Å². The van der Waals surface area contributed by atoms with Gasteiger partial charge in [0.2, 0.25) is 11.8 Å². The molecule has 40 heavy (non-hydrogen) atoms. The summed E-state index contributed by atoms with van der Waals surface area (Å²) in [5, 5.41) is 25.4. The fourth-order valence-corrected chi connectivity index (χ4v) is 5.46. The number of nitrogens with one attached hydrogen (secondary N) is 2. The minimum atomic E-state index is -0.927. The van der Waals surface area contributed by atoms with Gasteiger partial charge in [0.25, 0.3) is 0 Å². The van der Waals surface area contributed by atoms with Gasteiger partial charge in [-0.05, 0) is 25.7 Å². The third-order valence-electron chi connectivity index (χ3n) is 5.66. The van der Waals surface area contributed by atoms with Crippen LogP contribution >= 0.6 is 21.6 Å². The lowest BCUT2D eigenvalue weighted by Crippen LogP contribution is -2.42. The molecule has 0 rings (SSSR count). The third kappa shape index (κ3) is 19.9. The first-order valence-corrected chi connectivity index (χ1v) is 16.3. The lowest BCUT2D eigenvalue weighted by atomic mass is 10.1. The van der Waals surface area contributed by atoms with Crippen LogP contribution in [0.5, 0.6) is 0 Å². The van der Waals surface area contributed by atoms with E-state index in [-0.39, 0.29) is 12.8 Å². The van der Waals surface area contributed by atoms with Crippen molar-refractivity contribution in [3.05, 3.63) is 24.3 Å². The minimum Gasteiger partial charge on any atom is -0.467 e. The number of ether oxygens (including phenoxy) is 2. The second-order valence-electron chi connectivity index (χ2n) is 9.19. The standard InChI is InChI=1S/C28H48N2O8S2/c1-5-7-15-23(27(35)37-3)29-25(33)19-21(31)13-9-11-17-39-40-18-12-10-14-22(32)20-26(34)30-24(16-8-6-2)28(36)38-4/h9-10,13-14,21-24,31-32H,5-8,11-12,15-20H2,1-4H3,(H,29,33)(H,30,34)/b13-9+,14-10+/t21?,22?,23-,24-/m1/s1. The van der Waals surface area contributed by atoms with E-state index in [2.05, 4.69) is 10.6 Å². The van der Waals surface area contributed by atoms with Gasteiger partial charge in [-0.25, -0.2) is 9.59 Å². The lowest BCUT2D eigenvalue weighted by molar-refractivity contribution is -0.145. The summed E-state index contributed by atoms with van der Waals surface area (Å²) in [4.78, 5) is 47.9. The first-order valence-electron chi connectivity index (χ1n) is 13.9. The summed E-state index contributed by atoms with van der Waals surface area (Å²) < 4.78 is 9.45. The number of methoxy groups -OCH3 is 2. The summed E-state index contributed by atoms with van der Waals surface area (Å²) in [6.07, 6.45) is 10.5. The van der Waals surface area contributed by atoms with E-state index in [4.69, 9.17) is 9.47 Å². The average Bonchev–Trinajstić information content (AvgIpc) is 2.93. The van der Waals surface area contributed by atoms with E-state index in [0.717, 1.165) is 50.0 Å². The molecule has 0 heterocycles. The molecular formula is C28H48N2O8S2. The SMILES string of the molecule is CCCC[C@@H](NC(=O)CC(O)/C=C/CCSSCC/C=C/C(O)CC(=O)N[C@H](CCCC)C(=O)OC)C(=O)OC. The van der Waals surface area contributed by atoms with Crippen LogP contribution in [-0.2, 0) is 28.7 Å². The number of aliphatic hydroxyl groups excluding tert-OH is 2. The molecule has 10 nitrogen and oxygen atoms in total. The van der Waals surface area contributed by atoms with E-state index in [9.17, 15) is 29.4 Å². The van der Waals surface area contributed by atoms with Crippen molar-refractivity contribution in [2.24, 2.45) is 0 Å². The highest BCUT2D eigenvalue weighted by molar-refractivity contribution is 8.76. The van der Waals surface area contributed by atoms with Gasteiger partial charge in [0.05, 0.1) is 39.3 Å². The summed E-state index contributed by atoms with van der Waals surface area (Å²) in [5.74, 6) is -0.108. The zero-order valence-electron chi connectivity index (χ0n) is 24.3. The summed E-state index contributed by atoms with van der Waals surface area (Å²) in [6, 6.07) is -1.39. The molecule has 0 bridgehead atoms. The Morgan fingerprint density at radius 1 is 0.725 bits per heavy atom. The Hall–Kier alpha value is -2.02. The largest absolute Gasteiger partial charge is 0.467 e. The van der Waals surface area contributed by atoms with Crippen molar-refractivity contribution in [3.8, 4) is 0 Å². The van der Waals surface area contributed by atoms with Gasteiger partial charge in [0, 0.05) is 11.5 Å². The molecule has 0 saturated carbocycles. The summed E-state index contributed by atoms with van der Waals surface area (Å²) in [5.41, 5.74) is 0. The predicted octanol–water partition coefficient (Wildman–Crippen LogP) is 3.46. The van der Waals surface area contributed by atoms with Gasteiger partial charge in [-0.3, -0.25) is 9.59 Å². The van der Waals surface area contributed by atoms with Crippen LogP contribution in [0.3, 0.4) is 0 Å². The topological polar surface area (TPSA) is 151 Å². The Bertz CT molecular complexity index is 730. The third-order valence-corrected chi connectivity index (χ3v) is 8.13. The van der Waals surface area contributed by atoms with Crippen molar-refractivity contribution < 1.29 is 38.9 Å². The number of rotatable bonds is 23. The molecule has 0 spiro atoms. The molecule has 2 amide bonds. The van der Waals surface area contributed by atoms with E-state index in [1.807, 2.05) is 26.0 Å². The number of hydrogen-bond donors (Lipinski definition) is 4. The quantitative estimate of drug-likeness (QED) is 0.0591. The van der Waals surface area contributed by atoms with Crippen LogP contribution in [0.15, 0.2) is 24.3 Å². The van der Waals surface area contributed by atoms with Crippen molar-refractivity contribution in [3.63, 3.8) is 0 Å². The highest BCUT2D eigenvalue weighted by Gasteiger charge is 2.22. The van der Waals surface area contributed by atoms with Crippen molar-refractivity contribution in [2.45, 2.75) is 102 Å². The molecule has 0 aromatic carbocycles. The molecule has 4 atom stereocenters. The second kappa shape index (κ2) is 24.8. The maximum Gasteiger partial charge on any atom is 0.328 e. The van der Waals surface area contributed by atoms with Gasteiger partial charge in [0.15, 0.2) is 0 Å². The van der Waals surface area contributed by atoms with E-state index in [1.54, 1.807) is 33.7 Å². The number of allylic oxidation sites excluding steroid dienone is 2. The van der Waals surface area contributed by atoms with Crippen LogP contribution < -0.4 is 10.6 Å². The molecule has 0 fully saturated rings. The Morgan fingerprint density at radius 2 is 1.10 bits per heavy atom. The highest BCUT2D eigenvalue weighted by atomic mass is 33.1. The van der Waals surface area contributed by atoms with Crippen LogP contribution in [0.4, 0.5) is 0 Å². The number of amides is 2. The highest BCUT2D eigenvalue weighted by Crippen LogP contribution is 2.23. The molecule has 230 valence electrons. The van der Waals surface area contributed by atoms with Crippen LogP contribution in [0.1, 0.15) is 78.1 Å². The fourth-order valence-electron chi connectivity index (χ4n) is 3.48. The summed E-state index contributed by atoms with van der Waals surface area (Å²) in [6.45, 7) is 3.99. The second-order valence-corrected chi connectivity index (χ2v) is 11.9. The summed E-state index contributed by atoms with van der Waals surface area (Å²) in [7, 11) is 5.92. The van der Waals surface area contributed by atoms with Gasteiger partial charge in [-0.1, -0.05) is 85.4 Å². The van der Waals surface area contributed by atoms with Gasteiger partial charge >= 0.3 is 11.9 Å². The zero-order valence-corrected chi connectivity index (χ0v) is 25.9. The monoisotopic (exact) mass is 604 g/mol. The smallest absolute Gasteiger partial charge is 0.328 e. The minimum absolute atomic E-state index is 0.122. The molecule has 0 radical (unpaired) electrons. The summed E-state index contributed by atoms with van der Waals surface area (Å²) >= 11 is 0. The molecule has 0 aliphatic rings. The van der Waals surface area contributed by atoms with E-state index < -0.39 is 48.0 Å². The Labute approximate surface area is 246 Å². The molecule has 0 aromatic heterocycles. The van der Waals surface area contributed by atoms with Crippen LogP contribution in [0.2, 0.25) is 0 Å². The zero-order chi connectivity index (χ0) is 30.2. The molecule has 0 aliphatic heterocycles. The molecule has 0 aromatic rings. The predicted molar refractivity (Wildman–Crippen MR) is 161 cm³/mol. The number of carbonyl (C=O) groups excluding carboxylic acids is 4. The molecule has 2 unspecified atom stereocenters. The number of hydrogen-bond acceptors (Lipinski definition) is 10. The Morgan fingerprint density at radius 3 is 1.43 bits per heavy atom. The number of aliphatic hydroxyl groups is 2. The number of esters is 2. The first kappa shape index (κ1) is 38.0. The Kier molecular flexibility index (Phi) is 23.5. The van der Waals surface area contributed by atoms with Crippen molar-refractivity contribution >= 4 is 45.3 Å². The van der Waals surface area contributed by atoms with E-state index in [0.29, 0.717) is 12.8 Å². The maximum atomic E-state index is 12.1. The van der Waals surface area contributed by atoms with E-state index in [1.165, 1.54) is 14.2 Å². The van der Waals surface area contributed by atoms with Crippen LogP contribution in [0, 0.1) is 0 Å².